The van der Waals surface area contributed by atoms with E-state index in [9.17, 15) is 4.79 Å². The Bertz CT molecular complexity index is 310. The monoisotopic (exact) mass is 180 g/mol. The number of nitrogens with two attached hydrogens (primary N) is 1. The summed E-state index contributed by atoms with van der Waals surface area (Å²) in [5.41, 5.74) is 6.85. The van der Waals surface area contributed by atoms with Crippen LogP contribution < -0.4 is 5.73 Å². The fraction of sp³-hybridized carbons (Fsp3) is 0.333. The molecule has 0 radical (unpaired) electrons. The highest BCUT2D eigenvalue weighted by atomic mass is 16.5. The van der Waals surface area contributed by atoms with Crippen molar-refractivity contribution in [3.8, 4) is 0 Å². The summed E-state index contributed by atoms with van der Waals surface area (Å²) in [5, 5.41) is 0. The van der Waals surface area contributed by atoms with Gasteiger partial charge in [-0.05, 0) is 18.6 Å². The zero-order valence-electron chi connectivity index (χ0n) is 7.65. The molecule has 4 heteroatoms. The third-order valence-corrected chi connectivity index (χ3v) is 1.75. The maximum atomic E-state index is 11.2. The number of esters is 1. The zero-order valence-corrected chi connectivity index (χ0v) is 7.65. The van der Waals surface area contributed by atoms with Crippen molar-refractivity contribution in [3.05, 3.63) is 29.6 Å². The molecule has 0 amide bonds. The lowest BCUT2D eigenvalue weighted by Crippen LogP contribution is -2.13. The zero-order chi connectivity index (χ0) is 9.84. The third-order valence-electron chi connectivity index (χ3n) is 1.75. The quantitative estimate of drug-likeness (QED) is 0.686. The van der Waals surface area contributed by atoms with E-state index in [1.165, 1.54) is 13.3 Å². The largest absolute Gasteiger partial charge is 0.465 e. The second kappa shape index (κ2) is 4.00. The van der Waals surface area contributed by atoms with Crippen LogP contribution >= 0.6 is 0 Å². The highest BCUT2D eigenvalue weighted by Crippen LogP contribution is 2.14. The summed E-state index contributed by atoms with van der Waals surface area (Å²) in [7, 11) is 1.33. The standard InChI is InChI=1S/C9H12N2O2/c1-6(10)7-3-4-11-5-8(7)9(12)13-2/h3-6H,10H2,1-2H3. The van der Waals surface area contributed by atoms with Gasteiger partial charge in [0, 0.05) is 18.4 Å². The number of carbonyl (C=O) groups is 1. The molecule has 1 unspecified atom stereocenters. The Morgan fingerprint density at radius 3 is 2.92 bits per heavy atom. The first kappa shape index (κ1) is 9.67. The molecule has 0 saturated heterocycles. The Morgan fingerprint density at radius 1 is 1.69 bits per heavy atom. The van der Waals surface area contributed by atoms with Gasteiger partial charge in [-0.25, -0.2) is 4.79 Å². The number of aromatic nitrogens is 1. The predicted octanol–water partition coefficient (Wildman–Crippen LogP) is 0.888. The summed E-state index contributed by atoms with van der Waals surface area (Å²) in [6.45, 7) is 1.81. The molecule has 1 atom stereocenters. The minimum absolute atomic E-state index is 0.197. The maximum Gasteiger partial charge on any atom is 0.339 e. The van der Waals surface area contributed by atoms with Crippen molar-refractivity contribution in [2.24, 2.45) is 5.73 Å². The van der Waals surface area contributed by atoms with Gasteiger partial charge in [0.25, 0.3) is 0 Å². The average molecular weight is 180 g/mol. The van der Waals surface area contributed by atoms with Gasteiger partial charge in [-0.2, -0.15) is 0 Å². The molecule has 0 saturated carbocycles. The van der Waals surface area contributed by atoms with Crippen molar-refractivity contribution < 1.29 is 9.53 Å². The van der Waals surface area contributed by atoms with Gasteiger partial charge in [-0.15, -0.1) is 0 Å². The van der Waals surface area contributed by atoms with E-state index in [4.69, 9.17) is 5.73 Å². The van der Waals surface area contributed by atoms with Gasteiger partial charge in [-0.3, -0.25) is 4.98 Å². The van der Waals surface area contributed by atoms with Crippen molar-refractivity contribution in [1.82, 2.24) is 4.98 Å². The first-order valence-electron chi connectivity index (χ1n) is 3.94. The topological polar surface area (TPSA) is 65.2 Å². The van der Waals surface area contributed by atoms with Crippen molar-refractivity contribution >= 4 is 5.97 Å². The number of carbonyl (C=O) groups excluding carboxylic acids is 1. The number of hydrogen-bond acceptors (Lipinski definition) is 4. The summed E-state index contributed by atoms with van der Waals surface area (Å²) < 4.78 is 4.59. The van der Waals surface area contributed by atoms with Crippen molar-refractivity contribution in [3.63, 3.8) is 0 Å². The van der Waals surface area contributed by atoms with E-state index in [1.807, 2.05) is 6.92 Å². The van der Waals surface area contributed by atoms with Gasteiger partial charge >= 0.3 is 5.97 Å². The number of ether oxygens (including phenoxy) is 1. The molecule has 0 bridgehead atoms. The molecule has 0 fully saturated rings. The molecule has 0 aliphatic carbocycles. The van der Waals surface area contributed by atoms with Gasteiger partial charge in [0.05, 0.1) is 12.7 Å². The van der Waals surface area contributed by atoms with E-state index in [-0.39, 0.29) is 6.04 Å². The number of methoxy groups -OCH3 is 1. The smallest absolute Gasteiger partial charge is 0.339 e. The van der Waals surface area contributed by atoms with Crippen LogP contribution in [0.2, 0.25) is 0 Å². The highest BCUT2D eigenvalue weighted by Gasteiger charge is 2.13. The van der Waals surface area contributed by atoms with E-state index in [0.717, 1.165) is 5.56 Å². The van der Waals surface area contributed by atoms with Gasteiger partial charge in [0.1, 0.15) is 0 Å². The Kier molecular flexibility index (Phi) is 2.97. The minimum Gasteiger partial charge on any atom is -0.465 e. The van der Waals surface area contributed by atoms with Crippen LogP contribution in [0.15, 0.2) is 18.5 Å². The molecule has 13 heavy (non-hydrogen) atoms. The van der Waals surface area contributed by atoms with E-state index in [2.05, 4.69) is 9.72 Å². The van der Waals surface area contributed by atoms with Crippen molar-refractivity contribution in [1.29, 1.82) is 0 Å². The normalized spacial score (nSPS) is 12.2. The van der Waals surface area contributed by atoms with Crippen LogP contribution in [-0.4, -0.2) is 18.1 Å². The van der Waals surface area contributed by atoms with Crippen LogP contribution in [-0.2, 0) is 4.74 Å². The molecule has 4 nitrogen and oxygen atoms in total. The summed E-state index contributed by atoms with van der Waals surface area (Å²) >= 11 is 0. The highest BCUT2D eigenvalue weighted by molar-refractivity contribution is 5.90. The van der Waals surface area contributed by atoms with Gasteiger partial charge < -0.3 is 10.5 Å². The second-order valence-electron chi connectivity index (χ2n) is 2.74. The fourth-order valence-corrected chi connectivity index (χ4v) is 1.08. The van der Waals surface area contributed by atoms with Gasteiger partial charge in [0.2, 0.25) is 0 Å². The lowest BCUT2D eigenvalue weighted by Gasteiger charge is -2.09. The number of hydrogen-bond donors (Lipinski definition) is 1. The predicted molar refractivity (Wildman–Crippen MR) is 48.2 cm³/mol. The number of nitrogens with zero attached hydrogens (tertiary/aromatic N) is 1. The maximum absolute atomic E-state index is 11.2. The summed E-state index contributed by atoms with van der Waals surface area (Å²) in [5.74, 6) is -0.402. The van der Waals surface area contributed by atoms with Crippen LogP contribution in [0.25, 0.3) is 0 Å². The molecule has 0 spiro atoms. The first-order valence-corrected chi connectivity index (χ1v) is 3.94. The van der Waals surface area contributed by atoms with Crippen molar-refractivity contribution in [2.45, 2.75) is 13.0 Å². The SMILES string of the molecule is COC(=O)c1cnccc1C(C)N. The molecule has 1 rings (SSSR count). The molecule has 1 aromatic heterocycles. The molecule has 0 aliphatic rings. The Hall–Kier alpha value is -1.42. The van der Waals surface area contributed by atoms with Crippen LogP contribution in [0.4, 0.5) is 0 Å². The molecule has 2 N–H and O–H groups in total. The molecular formula is C9H12N2O2. The number of pyridine rings is 1. The van der Waals surface area contributed by atoms with Crippen LogP contribution in [0.5, 0.6) is 0 Å². The molecule has 1 heterocycles. The summed E-state index contributed by atoms with van der Waals surface area (Å²) in [6.07, 6.45) is 3.07. The molecule has 1 aromatic rings. The van der Waals surface area contributed by atoms with Crippen LogP contribution in [0.1, 0.15) is 28.9 Å². The van der Waals surface area contributed by atoms with Crippen LogP contribution in [0.3, 0.4) is 0 Å². The minimum atomic E-state index is -0.402. The molecular weight excluding hydrogens is 168 g/mol. The number of rotatable bonds is 2. The van der Waals surface area contributed by atoms with E-state index >= 15 is 0 Å². The van der Waals surface area contributed by atoms with Gasteiger partial charge in [0.15, 0.2) is 0 Å². The second-order valence-corrected chi connectivity index (χ2v) is 2.74. The Labute approximate surface area is 76.7 Å². The van der Waals surface area contributed by atoms with Crippen LogP contribution in [0, 0.1) is 0 Å². The van der Waals surface area contributed by atoms with Crippen molar-refractivity contribution in [2.75, 3.05) is 7.11 Å². The summed E-state index contributed by atoms with van der Waals surface area (Å²) in [6, 6.07) is 1.52. The Balaban J connectivity index is 3.12. The lowest BCUT2D eigenvalue weighted by molar-refractivity contribution is 0.0598. The average Bonchev–Trinajstić information content (AvgIpc) is 2.16. The van der Waals surface area contributed by atoms with E-state index in [1.54, 1.807) is 12.3 Å². The third kappa shape index (κ3) is 2.03. The molecule has 70 valence electrons. The van der Waals surface area contributed by atoms with E-state index < -0.39 is 5.97 Å². The molecule has 0 aromatic carbocycles. The lowest BCUT2D eigenvalue weighted by atomic mass is 10.1. The van der Waals surface area contributed by atoms with Gasteiger partial charge in [-0.1, -0.05) is 0 Å². The summed E-state index contributed by atoms with van der Waals surface area (Å²) in [4.78, 5) is 15.1. The Morgan fingerprint density at radius 2 is 2.38 bits per heavy atom. The molecule has 0 aliphatic heterocycles. The van der Waals surface area contributed by atoms with E-state index in [0.29, 0.717) is 5.56 Å². The fourth-order valence-electron chi connectivity index (χ4n) is 1.08. The first-order chi connectivity index (χ1) is 6.16.